The predicted molar refractivity (Wildman–Crippen MR) is 49.6 cm³/mol. The van der Waals surface area contributed by atoms with Gasteiger partial charge in [0.05, 0.1) is 0 Å². The summed E-state index contributed by atoms with van der Waals surface area (Å²) in [7, 11) is -4.36. The van der Waals surface area contributed by atoms with Crippen molar-refractivity contribution in [2.75, 3.05) is 5.88 Å². The molecule has 1 aromatic rings. The number of nitrogens with one attached hydrogen (secondary N) is 1. The Hall–Kier alpha value is -1.70. The molecule has 8 heteroatoms. The van der Waals surface area contributed by atoms with Gasteiger partial charge in [0.1, 0.15) is 22.4 Å². The number of carboxylic acid groups (broad SMARTS) is 1. The molecule has 0 radical (unpaired) electrons. The van der Waals surface area contributed by atoms with Gasteiger partial charge in [-0.3, -0.25) is 0 Å². The van der Waals surface area contributed by atoms with Gasteiger partial charge in [-0.15, -0.1) is 0 Å². The zero-order valence-corrected chi connectivity index (χ0v) is 8.59. The molecule has 0 atom stereocenters. The standard InChI is InChI=1S/C8H7F2NO4S/c9-5-2-1-3-6(10)7(5)16(14,15)4-11-8(12)13/h1-3,11H,4H2,(H,12,13). The largest absolute Gasteiger partial charge is 0.465 e. The predicted octanol–water partition coefficient (Wildman–Crippen LogP) is 0.964. The van der Waals surface area contributed by atoms with E-state index in [9.17, 15) is 22.0 Å². The first-order valence-electron chi connectivity index (χ1n) is 3.98. The molecule has 1 aromatic carbocycles. The lowest BCUT2D eigenvalue weighted by Crippen LogP contribution is -2.28. The zero-order valence-electron chi connectivity index (χ0n) is 7.78. The maximum atomic E-state index is 13.1. The molecule has 0 heterocycles. The summed E-state index contributed by atoms with van der Waals surface area (Å²) in [6.45, 7) is 0. The molecule has 0 fully saturated rings. The van der Waals surface area contributed by atoms with Crippen LogP contribution in [0.4, 0.5) is 13.6 Å². The molecule has 0 saturated heterocycles. The molecule has 0 aromatic heterocycles. The highest BCUT2D eigenvalue weighted by Crippen LogP contribution is 2.18. The highest BCUT2D eigenvalue weighted by atomic mass is 32.2. The van der Waals surface area contributed by atoms with Gasteiger partial charge < -0.3 is 10.4 Å². The number of hydrogen-bond donors (Lipinski definition) is 2. The first-order valence-corrected chi connectivity index (χ1v) is 5.63. The Morgan fingerprint density at radius 1 is 1.31 bits per heavy atom. The van der Waals surface area contributed by atoms with Gasteiger partial charge in [-0.25, -0.2) is 22.0 Å². The number of sulfone groups is 1. The van der Waals surface area contributed by atoms with Crippen LogP contribution in [0.1, 0.15) is 0 Å². The smallest absolute Gasteiger partial charge is 0.405 e. The highest BCUT2D eigenvalue weighted by Gasteiger charge is 2.24. The second kappa shape index (κ2) is 4.44. The molecule has 0 aliphatic rings. The van der Waals surface area contributed by atoms with E-state index < -0.39 is 38.3 Å². The normalized spacial score (nSPS) is 11.1. The second-order valence-electron chi connectivity index (χ2n) is 2.79. The van der Waals surface area contributed by atoms with E-state index in [-0.39, 0.29) is 0 Å². The number of hydrogen-bond acceptors (Lipinski definition) is 3. The van der Waals surface area contributed by atoms with Gasteiger partial charge >= 0.3 is 6.09 Å². The van der Waals surface area contributed by atoms with Crippen LogP contribution in [0, 0.1) is 11.6 Å². The van der Waals surface area contributed by atoms with Crippen molar-refractivity contribution < 1.29 is 27.1 Å². The van der Waals surface area contributed by atoms with Crippen molar-refractivity contribution in [1.29, 1.82) is 0 Å². The molecule has 0 unspecified atom stereocenters. The van der Waals surface area contributed by atoms with E-state index in [1.165, 1.54) is 5.32 Å². The number of amides is 1. The third-order valence-corrected chi connectivity index (χ3v) is 3.18. The van der Waals surface area contributed by atoms with E-state index in [0.29, 0.717) is 0 Å². The summed E-state index contributed by atoms with van der Waals surface area (Å²) in [4.78, 5) is 8.95. The summed E-state index contributed by atoms with van der Waals surface area (Å²) < 4.78 is 48.9. The summed E-state index contributed by atoms with van der Waals surface area (Å²) in [6, 6.07) is 2.56. The molecule has 0 aliphatic heterocycles. The van der Waals surface area contributed by atoms with Gasteiger partial charge in [0, 0.05) is 0 Å². The number of benzene rings is 1. The third kappa shape index (κ3) is 2.66. The fraction of sp³-hybridized carbons (Fsp3) is 0.125. The van der Waals surface area contributed by atoms with E-state index in [1.54, 1.807) is 0 Å². The first-order chi connectivity index (χ1) is 7.34. The summed E-state index contributed by atoms with van der Waals surface area (Å²) in [5.41, 5.74) is 0. The van der Waals surface area contributed by atoms with E-state index in [4.69, 9.17) is 5.11 Å². The number of rotatable bonds is 3. The lowest BCUT2D eigenvalue weighted by molar-refractivity contribution is 0.196. The van der Waals surface area contributed by atoms with Crippen molar-refractivity contribution in [1.82, 2.24) is 5.32 Å². The molecule has 1 amide bonds. The van der Waals surface area contributed by atoms with Crippen molar-refractivity contribution in [2.24, 2.45) is 0 Å². The quantitative estimate of drug-likeness (QED) is 0.838. The molecule has 0 saturated carbocycles. The molecule has 0 bridgehead atoms. The maximum absolute atomic E-state index is 13.1. The molecule has 5 nitrogen and oxygen atoms in total. The van der Waals surface area contributed by atoms with Crippen molar-refractivity contribution >= 4 is 15.9 Å². The molecule has 0 aliphatic carbocycles. The van der Waals surface area contributed by atoms with Crippen molar-refractivity contribution in [3.05, 3.63) is 29.8 Å². The Kier molecular flexibility index (Phi) is 3.43. The third-order valence-electron chi connectivity index (χ3n) is 1.64. The lowest BCUT2D eigenvalue weighted by Gasteiger charge is -2.06. The van der Waals surface area contributed by atoms with E-state index >= 15 is 0 Å². The number of halogens is 2. The average Bonchev–Trinajstić information content (AvgIpc) is 2.14. The SMILES string of the molecule is O=C(O)NCS(=O)(=O)c1c(F)cccc1F. The van der Waals surface area contributed by atoms with Gasteiger partial charge in [0.2, 0.25) is 9.84 Å². The average molecular weight is 251 g/mol. The molecular formula is C8H7F2NO4S. The van der Waals surface area contributed by atoms with Crippen molar-refractivity contribution in [3.8, 4) is 0 Å². The maximum Gasteiger partial charge on any atom is 0.405 e. The summed E-state index contributed by atoms with van der Waals surface area (Å²) in [6.07, 6.45) is -1.60. The van der Waals surface area contributed by atoms with Crippen LogP contribution >= 0.6 is 0 Å². The highest BCUT2D eigenvalue weighted by molar-refractivity contribution is 7.91. The minimum Gasteiger partial charge on any atom is -0.465 e. The van der Waals surface area contributed by atoms with Gasteiger partial charge in [0.15, 0.2) is 0 Å². The molecule has 1 rings (SSSR count). The van der Waals surface area contributed by atoms with E-state index in [1.807, 2.05) is 0 Å². The minimum absolute atomic E-state index is 0.775. The van der Waals surface area contributed by atoms with Gasteiger partial charge in [-0.05, 0) is 12.1 Å². The van der Waals surface area contributed by atoms with Crippen LogP contribution in [0.25, 0.3) is 0 Å². The topological polar surface area (TPSA) is 83.5 Å². The zero-order chi connectivity index (χ0) is 12.3. The summed E-state index contributed by atoms with van der Waals surface area (Å²) in [5.74, 6) is -3.60. The summed E-state index contributed by atoms with van der Waals surface area (Å²) in [5, 5.41) is 9.73. The van der Waals surface area contributed by atoms with Crippen molar-refractivity contribution in [2.45, 2.75) is 4.90 Å². The minimum atomic E-state index is -4.36. The van der Waals surface area contributed by atoms with Crippen LogP contribution in [0.5, 0.6) is 0 Å². The summed E-state index contributed by atoms with van der Waals surface area (Å²) >= 11 is 0. The molecule has 2 N–H and O–H groups in total. The first kappa shape index (κ1) is 12.4. The Balaban J connectivity index is 3.12. The van der Waals surface area contributed by atoms with E-state index in [2.05, 4.69) is 0 Å². The van der Waals surface area contributed by atoms with Crippen LogP contribution in [0.3, 0.4) is 0 Å². The Morgan fingerprint density at radius 3 is 2.25 bits per heavy atom. The lowest BCUT2D eigenvalue weighted by atomic mass is 10.3. The fourth-order valence-corrected chi connectivity index (χ4v) is 2.20. The van der Waals surface area contributed by atoms with Crippen LogP contribution in [-0.4, -0.2) is 25.5 Å². The second-order valence-corrected chi connectivity index (χ2v) is 4.72. The monoisotopic (exact) mass is 251 g/mol. The molecule has 88 valence electrons. The van der Waals surface area contributed by atoms with Gasteiger partial charge in [0.25, 0.3) is 0 Å². The Morgan fingerprint density at radius 2 is 1.81 bits per heavy atom. The van der Waals surface area contributed by atoms with Crippen molar-refractivity contribution in [3.63, 3.8) is 0 Å². The molecule has 16 heavy (non-hydrogen) atoms. The van der Waals surface area contributed by atoms with Crippen LogP contribution in [-0.2, 0) is 9.84 Å². The molecular weight excluding hydrogens is 244 g/mol. The van der Waals surface area contributed by atoms with Gasteiger partial charge in [-0.2, -0.15) is 0 Å². The molecule has 0 spiro atoms. The fourth-order valence-electron chi connectivity index (χ4n) is 1.01. The Labute approximate surface area is 89.6 Å². The van der Waals surface area contributed by atoms with Crippen LogP contribution in [0.15, 0.2) is 23.1 Å². The van der Waals surface area contributed by atoms with E-state index in [0.717, 1.165) is 18.2 Å². The van der Waals surface area contributed by atoms with Gasteiger partial charge in [-0.1, -0.05) is 6.07 Å². The van der Waals surface area contributed by atoms with Crippen LogP contribution in [0.2, 0.25) is 0 Å². The van der Waals surface area contributed by atoms with Crippen LogP contribution < -0.4 is 5.32 Å². The Bertz CT molecular complexity index is 495. The number of carbonyl (C=O) groups is 1.